The number of methoxy groups -OCH3 is 1. The van der Waals surface area contributed by atoms with Crippen molar-refractivity contribution in [2.45, 2.75) is 6.92 Å². The summed E-state index contributed by atoms with van der Waals surface area (Å²) < 4.78 is 10.4. The van der Waals surface area contributed by atoms with Crippen LogP contribution in [0.15, 0.2) is 36.4 Å². The Morgan fingerprint density at radius 3 is 2.40 bits per heavy atom. The van der Waals surface area contributed by atoms with E-state index in [0.29, 0.717) is 24.2 Å². The first-order chi connectivity index (χ1) is 9.71. The van der Waals surface area contributed by atoms with Crippen LogP contribution in [-0.4, -0.2) is 25.1 Å². The molecule has 0 bridgehead atoms. The highest BCUT2D eigenvalue weighted by Crippen LogP contribution is 2.36. The fraction of sp³-hybridized carbons (Fsp3) is 0.188. The third-order valence-corrected chi connectivity index (χ3v) is 3.00. The van der Waals surface area contributed by atoms with Crippen molar-refractivity contribution >= 4 is 6.29 Å². The van der Waals surface area contributed by atoms with Gasteiger partial charge in [-0.3, -0.25) is 4.79 Å². The number of aldehydes is 1. The molecule has 2 aromatic rings. The van der Waals surface area contributed by atoms with E-state index >= 15 is 0 Å². The Morgan fingerprint density at radius 1 is 1.15 bits per heavy atom. The number of ether oxygens (including phenoxy) is 2. The molecule has 2 rings (SSSR count). The Morgan fingerprint density at radius 2 is 1.85 bits per heavy atom. The number of phenolic OH excluding ortho intramolecular Hbond substituents is 1. The van der Waals surface area contributed by atoms with Gasteiger partial charge in [0.2, 0.25) is 0 Å². The second-order valence-corrected chi connectivity index (χ2v) is 4.15. The highest BCUT2D eigenvalue weighted by Gasteiger charge is 2.14. The van der Waals surface area contributed by atoms with Gasteiger partial charge in [0, 0.05) is 0 Å². The smallest absolute Gasteiger partial charge is 0.169 e. The lowest BCUT2D eigenvalue weighted by Crippen LogP contribution is -1.96. The van der Waals surface area contributed by atoms with E-state index < -0.39 is 0 Å². The van der Waals surface area contributed by atoms with Crippen molar-refractivity contribution in [2.24, 2.45) is 0 Å². The van der Waals surface area contributed by atoms with E-state index in [9.17, 15) is 9.90 Å². The van der Waals surface area contributed by atoms with Crippen LogP contribution in [0.1, 0.15) is 17.3 Å². The molecule has 4 heteroatoms. The van der Waals surface area contributed by atoms with E-state index in [-0.39, 0.29) is 11.3 Å². The van der Waals surface area contributed by atoms with Crippen LogP contribution in [0.2, 0.25) is 0 Å². The molecule has 0 saturated carbocycles. The molecule has 0 heterocycles. The van der Waals surface area contributed by atoms with E-state index in [1.54, 1.807) is 31.4 Å². The van der Waals surface area contributed by atoms with Crippen LogP contribution >= 0.6 is 0 Å². The van der Waals surface area contributed by atoms with Gasteiger partial charge in [-0.15, -0.1) is 0 Å². The Balaban J connectivity index is 2.50. The molecule has 20 heavy (non-hydrogen) atoms. The third-order valence-electron chi connectivity index (χ3n) is 3.00. The van der Waals surface area contributed by atoms with Crippen molar-refractivity contribution in [3.8, 4) is 28.4 Å². The van der Waals surface area contributed by atoms with E-state index in [0.717, 1.165) is 11.3 Å². The molecule has 0 aromatic heterocycles. The van der Waals surface area contributed by atoms with Crippen LogP contribution in [0, 0.1) is 0 Å². The third kappa shape index (κ3) is 2.59. The first kappa shape index (κ1) is 13.9. The molecule has 104 valence electrons. The van der Waals surface area contributed by atoms with Gasteiger partial charge in [0.15, 0.2) is 17.8 Å². The number of hydrogen-bond acceptors (Lipinski definition) is 4. The van der Waals surface area contributed by atoms with Gasteiger partial charge in [-0.25, -0.2) is 0 Å². The maximum absolute atomic E-state index is 11.3. The van der Waals surface area contributed by atoms with Gasteiger partial charge >= 0.3 is 0 Å². The highest BCUT2D eigenvalue weighted by atomic mass is 16.5. The van der Waals surface area contributed by atoms with Crippen LogP contribution in [0.5, 0.6) is 17.2 Å². The van der Waals surface area contributed by atoms with Crippen LogP contribution < -0.4 is 9.47 Å². The number of aromatic hydroxyl groups is 1. The van der Waals surface area contributed by atoms with Crippen LogP contribution in [0.25, 0.3) is 11.1 Å². The van der Waals surface area contributed by atoms with Crippen molar-refractivity contribution in [3.05, 3.63) is 42.0 Å². The first-order valence-corrected chi connectivity index (χ1v) is 6.29. The van der Waals surface area contributed by atoms with Gasteiger partial charge in [-0.05, 0) is 42.3 Å². The zero-order valence-electron chi connectivity index (χ0n) is 11.4. The molecule has 0 aliphatic heterocycles. The lowest BCUT2D eigenvalue weighted by molar-refractivity contribution is 0.112. The molecular formula is C16H16O4. The molecule has 1 N–H and O–H groups in total. The molecular weight excluding hydrogens is 256 g/mol. The summed E-state index contributed by atoms with van der Waals surface area (Å²) in [5, 5.41) is 10.1. The summed E-state index contributed by atoms with van der Waals surface area (Å²) in [7, 11) is 1.59. The molecule has 0 radical (unpaired) electrons. The number of hydrogen-bond donors (Lipinski definition) is 1. The maximum atomic E-state index is 11.3. The summed E-state index contributed by atoms with van der Waals surface area (Å²) in [5.74, 6) is 0.915. The van der Waals surface area contributed by atoms with Gasteiger partial charge in [-0.2, -0.15) is 0 Å². The minimum absolute atomic E-state index is 0.129. The Bertz CT molecular complexity index is 603. The van der Waals surface area contributed by atoms with Crippen molar-refractivity contribution in [2.75, 3.05) is 13.7 Å². The summed E-state index contributed by atoms with van der Waals surface area (Å²) >= 11 is 0. The monoisotopic (exact) mass is 272 g/mol. The van der Waals surface area contributed by atoms with Gasteiger partial charge in [0.05, 0.1) is 19.3 Å². The molecule has 0 spiro atoms. The largest absolute Gasteiger partial charge is 0.504 e. The molecule has 0 amide bonds. The van der Waals surface area contributed by atoms with E-state index in [1.807, 2.05) is 19.1 Å². The SMILES string of the molecule is CCOc1ccc(-c2ccc(OC)cc2)c(C=O)c1O. The number of benzene rings is 2. The Kier molecular flexibility index (Phi) is 4.25. The standard InChI is InChI=1S/C16H16O4/c1-3-20-15-9-8-13(14(10-17)16(15)18)11-4-6-12(19-2)7-5-11/h4-10,18H,3H2,1-2H3. The number of phenols is 1. The van der Waals surface area contributed by atoms with Gasteiger partial charge in [-0.1, -0.05) is 12.1 Å². The lowest BCUT2D eigenvalue weighted by atomic mass is 9.99. The quantitative estimate of drug-likeness (QED) is 0.849. The minimum Gasteiger partial charge on any atom is -0.504 e. The van der Waals surface area contributed by atoms with Gasteiger partial charge in [0.25, 0.3) is 0 Å². The summed E-state index contributed by atoms with van der Waals surface area (Å²) in [5.41, 5.74) is 1.70. The van der Waals surface area contributed by atoms with Gasteiger partial charge in [0.1, 0.15) is 5.75 Å². The molecule has 0 aliphatic rings. The lowest BCUT2D eigenvalue weighted by Gasteiger charge is -2.12. The number of rotatable bonds is 5. The normalized spacial score (nSPS) is 10.1. The van der Waals surface area contributed by atoms with Crippen LogP contribution in [0.3, 0.4) is 0 Å². The fourth-order valence-electron chi connectivity index (χ4n) is 2.00. The molecule has 0 atom stereocenters. The topological polar surface area (TPSA) is 55.8 Å². The van der Waals surface area contributed by atoms with Crippen molar-refractivity contribution < 1.29 is 19.4 Å². The number of carbonyl (C=O) groups excluding carboxylic acids is 1. The van der Waals surface area contributed by atoms with Crippen molar-refractivity contribution in [1.82, 2.24) is 0 Å². The molecule has 0 fully saturated rings. The van der Waals surface area contributed by atoms with Crippen molar-refractivity contribution in [3.63, 3.8) is 0 Å². The highest BCUT2D eigenvalue weighted by molar-refractivity contribution is 5.92. The van der Waals surface area contributed by atoms with Crippen LogP contribution in [0.4, 0.5) is 0 Å². The summed E-state index contributed by atoms with van der Waals surface area (Å²) in [6, 6.07) is 10.7. The molecule has 0 unspecified atom stereocenters. The van der Waals surface area contributed by atoms with Gasteiger partial charge < -0.3 is 14.6 Å². The average molecular weight is 272 g/mol. The molecule has 0 saturated heterocycles. The predicted molar refractivity (Wildman–Crippen MR) is 76.7 cm³/mol. The Hall–Kier alpha value is -2.49. The minimum atomic E-state index is -0.129. The molecule has 4 nitrogen and oxygen atoms in total. The Labute approximate surface area is 117 Å². The maximum Gasteiger partial charge on any atom is 0.169 e. The summed E-state index contributed by atoms with van der Waals surface area (Å²) in [6.07, 6.45) is 0.636. The van der Waals surface area contributed by atoms with E-state index in [4.69, 9.17) is 9.47 Å². The second-order valence-electron chi connectivity index (χ2n) is 4.15. The molecule has 2 aromatic carbocycles. The zero-order valence-corrected chi connectivity index (χ0v) is 11.4. The summed E-state index contributed by atoms with van der Waals surface area (Å²) in [4.78, 5) is 11.3. The molecule has 0 aliphatic carbocycles. The summed E-state index contributed by atoms with van der Waals surface area (Å²) in [6.45, 7) is 2.24. The predicted octanol–water partition coefficient (Wildman–Crippen LogP) is 3.28. The second kappa shape index (κ2) is 6.10. The van der Waals surface area contributed by atoms with E-state index in [2.05, 4.69) is 0 Å². The average Bonchev–Trinajstić information content (AvgIpc) is 2.49. The number of carbonyl (C=O) groups is 1. The van der Waals surface area contributed by atoms with Crippen molar-refractivity contribution in [1.29, 1.82) is 0 Å². The zero-order chi connectivity index (χ0) is 14.5. The van der Waals surface area contributed by atoms with E-state index in [1.165, 1.54) is 0 Å². The first-order valence-electron chi connectivity index (χ1n) is 6.29. The van der Waals surface area contributed by atoms with Crippen LogP contribution in [-0.2, 0) is 0 Å². The fourth-order valence-corrected chi connectivity index (χ4v) is 2.00.